The van der Waals surface area contributed by atoms with Crippen molar-refractivity contribution in [3.63, 3.8) is 0 Å². The maximum absolute atomic E-state index is 3.73. The summed E-state index contributed by atoms with van der Waals surface area (Å²) in [4.78, 5) is 6.77. The molecule has 0 unspecified atom stereocenters. The molecule has 3 heterocycles. The Bertz CT molecular complexity index is 1000. The average molecular weight is 474 g/mol. The zero-order chi connectivity index (χ0) is 17.7. The highest BCUT2D eigenvalue weighted by Gasteiger charge is 2.25. The molecule has 0 saturated carbocycles. The molecule has 6 heteroatoms. The van der Waals surface area contributed by atoms with Crippen LogP contribution in [0.4, 0.5) is 0 Å². The van der Waals surface area contributed by atoms with E-state index in [1.54, 1.807) is 0 Å². The topological polar surface area (TPSA) is 55.6 Å². The maximum Gasteiger partial charge on any atom is 0.0468 e. The third-order valence-corrected chi connectivity index (χ3v) is 6.23. The first-order valence-electron chi connectivity index (χ1n) is 8.69. The van der Waals surface area contributed by atoms with E-state index in [0.717, 1.165) is 22.0 Å². The quantitative estimate of drug-likeness (QED) is 0.325. The molecule has 0 amide bonds. The van der Waals surface area contributed by atoms with Gasteiger partial charge in [-0.15, -0.1) is 0 Å². The van der Waals surface area contributed by atoms with E-state index in [0.29, 0.717) is 12.1 Å². The molecule has 1 aliphatic rings. The third kappa shape index (κ3) is 2.81. The molecule has 2 aromatic carbocycles. The molecule has 1 fully saturated rings. The lowest BCUT2D eigenvalue weighted by atomic mass is 9.99. The molecule has 4 nitrogen and oxygen atoms in total. The van der Waals surface area contributed by atoms with Crippen molar-refractivity contribution in [1.29, 1.82) is 0 Å². The van der Waals surface area contributed by atoms with E-state index in [1.165, 1.54) is 32.9 Å². The minimum atomic E-state index is 0.306. The summed E-state index contributed by atoms with van der Waals surface area (Å²) in [6.45, 7) is 1.80. The van der Waals surface area contributed by atoms with Gasteiger partial charge in [-0.25, -0.2) is 0 Å². The zero-order valence-corrected chi connectivity index (χ0v) is 17.1. The summed E-state index contributed by atoms with van der Waals surface area (Å²) >= 11 is 7.08. The van der Waals surface area contributed by atoms with Crippen LogP contribution in [0, 0.1) is 0 Å². The molecule has 0 bridgehead atoms. The lowest BCUT2D eigenvalue weighted by molar-refractivity contribution is 0.359. The number of aromatic nitrogens is 2. The van der Waals surface area contributed by atoms with Crippen molar-refractivity contribution >= 4 is 53.7 Å². The third-order valence-electron chi connectivity index (χ3n) is 5.24. The van der Waals surface area contributed by atoms with Gasteiger partial charge < -0.3 is 20.6 Å². The van der Waals surface area contributed by atoms with E-state index in [9.17, 15) is 0 Å². The molecule has 4 aromatic rings. The molecule has 4 N–H and O–H groups in total. The van der Waals surface area contributed by atoms with Gasteiger partial charge in [0.15, 0.2) is 0 Å². The highest BCUT2D eigenvalue weighted by molar-refractivity contribution is 9.10. The lowest BCUT2D eigenvalue weighted by Gasteiger charge is -2.31. The first kappa shape index (κ1) is 16.6. The van der Waals surface area contributed by atoms with Crippen LogP contribution < -0.4 is 10.6 Å². The molecule has 2 aromatic heterocycles. The van der Waals surface area contributed by atoms with Crippen molar-refractivity contribution in [3.05, 3.63) is 68.9 Å². The Morgan fingerprint density at radius 2 is 1.15 bits per heavy atom. The fourth-order valence-corrected chi connectivity index (χ4v) is 4.64. The van der Waals surface area contributed by atoms with Crippen LogP contribution in [0.25, 0.3) is 21.8 Å². The number of nitrogens with one attached hydrogen (secondary N) is 4. The number of hydrogen-bond acceptors (Lipinski definition) is 2. The Morgan fingerprint density at radius 3 is 1.58 bits per heavy atom. The number of H-pyrrole nitrogens is 2. The van der Waals surface area contributed by atoms with Gasteiger partial charge >= 0.3 is 0 Å². The number of rotatable bonds is 2. The second kappa shape index (κ2) is 6.53. The van der Waals surface area contributed by atoms with Gasteiger partial charge in [-0.2, -0.15) is 0 Å². The summed E-state index contributed by atoms with van der Waals surface area (Å²) in [5.41, 5.74) is 4.98. The summed E-state index contributed by atoms with van der Waals surface area (Å²) in [6, 6.07) is 13.4. The minimum absolute atomic E-state index is 0.306. The summed E-state index contributed by atoms with van der Waals surface area (Å²) in [7, 11) is 0. The van der Waals surface area contributed by atoms with Crippen LogP contribution in [0.1, 0.15) is 23.2 Å². The number of benzene rings is 2. The highest BCUT2D eigenvalue weighted by Crippen LogP contribution is 2.31. The van der Waals surface area contributed by atoms with Gasteiger partial charge in [0.25, 0.3) is 0 Å². The molecule has 5 rings (SSSR count). The van der Waals surface area contributed by atoms with Crippen LogP contribution in [0.15, 0.2) is 57.7 Å². The van der Waals surface area contributed by atoms with Crippen LogP contribution >= 0.6 is 31.9 Å². The summed E-state index contributed by atoms with van der Waals surface area (Å²) in [5, 5.41) is 10.0. The first-order valence-corrected chi connectivity index (χ1v) is 10.3. The van der Waals surface area contributed by atoms with Crippen LogP contribution in [-0.2, 0) is 0 Å². The molecule has 1 saturated heterocycles. The normalized spacial score (nSPS) is 20.8. The number of aromatic amines is 2. The fourth-order valence-electron chi connectivity index (χ4n) is 3.92. The van der Waals surface area contributed by atoms with Crippen molar-refractivity contribution in [1.82, 2.24) is 20.6 Å². The van der Waals surface area contributed by atoms with Gasteiger partial charge in [-0.3, -0.25) is 0 Å². The highest BCUT2D eigenvalue weighted by atomic mass is 79.9. The van der Waals surface area contributed by atoms with Gasteiger partial charge in [-0.05, 0) is 35.4 Å². The van der Waals surface area contributed by atoms with Crippen molar-refractivity contribution in [3.8, 4) is 0 Å². The second-order valence-electron chi connectivity index (χ2n) is 6.79. The van der Waals surface area contributed by atoms with Crippen molar-refractivity contribution in [2.24, 2.45) is 0 Å². The van der Waals surface area contributed by atoms with Gasteiger partial charge in [0.2, 0.25) is 0 Å². The number of halogens is 2. The Morgan fingerprint density at radius 1 is 0.692 bits per heavy atom. The standard InChI is InChI=1S/C20H18Br2N4/c21-11-1-3-13-15(7-23-17(13)5-11)19-9-26-20(10-25-19)16-8-24-18-6-12(22)2-4-14(16)18/h1-8,19-20,23-26H,9-10H2/t19-,20-/m0/s1. The van der Waals surface area contributed by atoms with Crippen LogP contribution in [-0.4, -0.2) is 23.1 Å². The summed E-state index contributed by atoms with van der Waals surface area (Å²) < 4.78 is 2.19. The molecular formula is C20H18Br2N4. The molecule has 2 atom stereocenters. The lowest BCUT2D eigenvalue weighted by Crippen LogP contribution is -2.44. The smallest absolute Gasteiger partial charge is 0.0468 e. The van der Waals surface area contributed by atoms with Crippen LogP contribution in [0.5, 0.6) is 0 Å². The first-order chi connectivity index (χ1) is 12.7. The maximum atomic E-state index is 3.73. The molecule has 132 valence electrons. The molecule has 0 spiro atoms. The van der Waals surface area contributed by atoms with Crippen molar-refractivity contribution in [2.45, 2.75) is 12.1 Å². The monoisotopic (exact) mass is 472 g/mol. The van der Waals surface area contributed by atoms with E-state index in [-0.39, 0.29) is 0 Å². The van der Waals surface area contributed by atoms with E-state index < -0.39 is 0 Å². The van der Waals surface area contributed by atoms with Crippen LogP contribution in [0.3, 0.4) is 0 Å². The number of piperazine rings is 1. The van der Waals surface area contributed by atoms with Gasteiger partial charge in [0.05, 0.1) is 0 Å². The van der Waals surface area contributed by atoms with E-state index in [4.69, 9.17) is 0 Å². The van der Waals surface area contributed by atoms with Gasteiger partial charge in [0.1, 0.15) is 0 Å². The van der Waals surface area contributed by atoms with E-state index in [2.05, 4.69) is 101 Å². The predicted octanol–water partition coefficient (Wildman–Crippen LogP) is 5.15. The van der Waals surface area contributed by atoms with Gasteiger partial charge in [-0.1, -0.05) is 44.0 Å². The number of hydrogen-bond donors (Lipinski definition) is 4. The zero-order valence-electron chi connectivity index (χ0n) is 13.9. The fraction of sp³-hybridized carbons (Fsp3) is 0.200. The molecule has 1 aliphatic heterocycles. The van der Waals surface area contributed by atoms with Crippen LogP contribution in [0.2, 0.25) is 0 Å². The Hall–Kier alpha value is -1.60. The largest absolute Gasteiger partial charge is 0.361 e. The molecule has 0 aliphatic carbocycles. The molecule has 26 heavy (non-hydrogen) atoms. The Labute approximate surface area is 168 Å². The Balaban J connectivity index is 1.38. The van der Waals surface area contributed by atoms with Gasteiger partial charge in [0, 0.05) is 68.3 Å². The SMILES string of the molecule is Brc1ccc2c([C@@H]3CN[C@H](c4c[nH]c5cc(Br)ccc45)CN3)c[nH]c2c1. The van der Waals surface area contributed by atoms with Crippen molar-refractivity contribution in [2.75, 3.05) is 13.1 Å². The van der Waals surface area contributed by atoms with E-state index >= 15 is 0 Å². The second-order valence-corrected chi connectivity index (χ2v) is 8.62. The van der Waals surface area contributed by atoms with Crippen molar-refractivity contribution < 1.29 is 0 Å². The average Bonchev–Trinajstić information content (AvgIpc) is 3.25. The number of fused-ring (bicyclic) bond motifs is 2. The minimum Gasteiger partial charge on any atom is -0.361 e. The summed E-state index contributed by atoms with van der Waals surface area (Å²) in [6.07, 6.45) is 4.25. The predicted molar refractivity (Wildman–Crippen MR) is 113 cm³/mol. The van der Waals surface area contributed by atoms with E-state index in [1.807, 2.05) is 0 Å². The molecular weight excluding hydrogens is 456 g/mol. The Kier molecular flexibility index (Phi) is 4.16. The summed E-state index contributed by atoms with van der Waals surface area (Å²) in [5.74, 6) is 0. The molecule has 0 radical (unpaired) electrons.